The minimum absolute atomic E-state index is 0.374. The van der Waals surface area contributed by atoms with Gasteiger partial charge in [0, 0.05) is 12.1 Å². The van der Waals surface area contributed by atoms with Crippen LogP contribution < -0.4 is 0 Å². The summed E-state index contributed by atoms with van der Waals surface area (Å²) in [5.74, 6) is 0.374. The van der Waals surface area contributed by atoms with Crippen LogP contribution in [0.2, 0.25) is 0 Å². The van der Waals surface area contributed by atoms with Gasteiger partial charge >= 0.3 is 0 Å². The van der Waals surface area contributed by atoms with Crippen molar-refractivity contribution in [2.75, 3.05) is 6.54 Å². The van der Waals surface area contributed by atoms with Gasteiger partial charge in [-0.15, -0.1) is 0 Å². The highest BCUT2D eigenvalue weighted by Crippen LogP contribution is 2.30. The molecule has 2 heteroatoms. The van der Waals surface area contributed by atoms with Crippen LogP contribution in [0.4, 0.5) is 0 Å². The van der Waals surface area contributed by atoms with E-state index in [-0.39, 0.29) is 0 Å². The largest absolute Gasteiger partial charge is 0.508 e. The van der Waals surface area contributed by atoms with E-state index in [1.54, 1.807) is 6.07 Å². The summed E-state index contributed by atoms with van der Waals surface area (Å²) in [4.78, 5) is 2.59. The van der Waals surface area contributed by atoms with E-state index in [9.17, 15) is 5.11 Å². The predicted molar refractivity (Wildman–Crippen MR) is 75.8 cm³/mol. The van der Waals surface area contributed by atoms with E-state index in [1.165, 1.54) is 37.7 Å². The molecule has 0 amide bonds. The smallest absolute Gasteiger partial charge is 0.115 e. The molecule has 0 bridgehead atoms. The summed E-state index contributed by atoms with van der Waals surface area (Å²) in [7, 11) is 0. The molecule has 1 aliphatic rings. The number of benzene rings is 1. The van der Waals surface area contributed by atoms with Crippen LogP contribution in [0.5, 0.6) is 5.75 Å². The molecule has 1 unspecified atom stereocenters. The van der Waals surface area contributed by atoms with E-state index in [4.69, 9.17) is 0 Å². The fourth-order valence-corrected chi connectivity index (χ4v) is 3.24. The van der Waals surface area contributed by atoms with Crippen molar-refractivity contribution in [2.24, 2.45) is 0 Å². The second kappa shape index (κ2) is 6.24. The lowest BCUT2D eigenvalue weighted by atomic mass is 9.92. The minimum atomic E-state index is 0.374. The second-order valence-electron chi connectivity index (χ2n) is 5.39. The molecule has 1 aromatic carbocycles. The molecule has 0 aliphatic heterocycles. The van der Waals surface area contributed by atoms with E-state index in [1.807, 2.05) is 12.1 Å². The average molecular weight is 247 g/mol. The molecule has 0 radical (unpaired) electrons. The van der Waals surface area contributed by atoms with Gasteiger partial charge in [0.25, 0.3) is 0 Å². The molecule has 1 N–H and O–H groups in total. The van der Waals surface area contributed by atoms with Crippen molar-refractivity contribution >= 4 is 0 Å². The zero-order chi connectivity index (χ0) is 13.0. The Balaban J connectivity index is 2.11. The van der Waals surface area contributed by atoms with E-state index in [0.717, 1.165) is 12.6 Å². The van der Waals surface area contributed by atoms with Gasteiger partial charge in [-0.2, -0.15) is 0 Å². The number of hydrogen-bond acceptors (Lipinski definition) is 2. The second-order valence-corrected chi connectivity index (χ2v) is 5.39. The molecular weight excluding hydrogens is 222 g/mol. The summed E-state index contributed by atoms with van der Waals surface area (Å²) in [5.41, 5.74) is 1.22. The number of phenols is 1. The Morgan fingerprint density at radius 3 is 2.61 bits per heavy atom. The predicted octanol–water partition coefficient (Wildman–Crippen LogP) is 4.11. The first-order chi connectivity index (χ1) is 8.72. The molecule has 1 aromatic rings. The van der Waals surface area contributed by atoms with Gasteiger partial charge in [0.1, 0.15) is 5.75 Å². The van der Waals surface area contributed by atoms with Crippen molar-refractivity contribution in [3.63, 3.8) is 0 Å². The van der Waals surface area contributed by atoms with Gasteiger partial charge in [0.2, 0.25) is 0 Å². The SMILES string of the molecule is CCN(C1CCCCC1)C(C)c1cccc(O)c1. The average Bonchev–Trinajstić information content (AvgIpc) is 2.41. The van der Waals surface area contributed by atoms with Gasteiger partial charge in [-0.25, -0.2) is 0 Å². The highest BCUT2D eigenvalue weighted by molar-refractivity contribution is 5.29. The van der Waals surface area contributed by atoms with Crippen molar-refractivity contribution in [3.05, 3.63) is 29.8 Å². The molecule has 1 aliphatic carbocycles. The first kappa shape index (κ1) is 13.4. The maximum atomic E-state index is 9.61. The summed E-state index contributed by atoms with van der Waals surface area (Å²) in [6.07, 6.45) is 6.80. The van der Waals surface area contributed by atoms with Gasteiger partial charge in [-0.05, 0) is 44.0 Å². The Morgan fingerprint density at radius 2 is 2.00 bits per heavy atom. The van der Waals surface area contributed by atoms with Crippen LogP contribution in [-0.2, 0) is 0 Å². The maximum Gasteiger partial charge on any atom is 0.115 e. The van der Waals surface area contributed by atoms with E-state index >= 15 is 0 Å². The topological polar surface area (TPSA) is 23.5 Å². The normalized spacial score (nSPS) is 19.1. The first-order valence-corrected chi connectivity index (χ1v) is 7.27. The Morgan fingerprint density at radius 1 is 1.28 bits per heavy atom. The zero-order valence-corrected chi connectivity index (χ0v) is 11.6. The molecule has 2 nitrogen and oxygen atoms in total. The number of rotatable bonds is 4. The van der Waals surface area contributed by atoms with Crippen molar-refractivity contribution < 1.29 is 5.11 Å². The van der Waals surface area contributed by atoms with E-state index in [0.29, 0.717) is 11.8 Å². The molecule has 100 valence electrons. The maximum absolute atomic E-state index is 9.61. The van der Waals surface area contributed by atoms with Crippen LogP contribution in [0.15, 0.2) is 24.3 Å². The third-order valence-corrected chi connectivity index (χ3v) is 4.26. The third kappa shape index (κ3) is 3.05. The van der Waals surface area contributed by atoms with Gasteiger partial charge < -0.3 is 5.11 Å². The zero-order valence-electron chi connectivity index (χ0n) is 11.6. The van der Waals surface area contributed by atoms with Gasteiger partial charge in [-0.1, -0.05) is 38.3 Å². The molecule has 2 rings (SSSR count). The number of nitrogens with zero attached hydrogens (tertiary/aromatic N) is 1. The van der Waals surface area contributed by atoms with Gasteiger partial charge in [0.05, 0.1) is 0 Å². The molecular formula is C16H25NO. The Labute approximate surface area is 111 Å². The Bertz CT molecular complexity index is 371. The number of phenolic OH excluding ortho intramolecular Hbond substituents is 1. The van der Waals surface area contributed by atoms with Crippen molar-refractivity contribution in [1.29, 1.82) is 0 Å². The first-order valence-electron chi connectivity index (χ1n) is 7.27. The van der Waals surface area contributed by atoms with E-state index < -0.39 is 0 Å². The lowest BCUT2D eigenvalue weighted by Crippen LogP contribution is -2.38. The fourth-order valence-electron chi connectivity index (χ4n) is 3.24. The summed E-state index contributed by atoms with van der Waals surface area (Å²) >= 11 is 0. The summed E-state index contributed by atoms with van der Waals surface area (Å²) in [6.45, 7) is 5.59. The van der Waals surface area contributed by atoms with Crippen LogP contribution in [0.25, 0.3) is 0 Å². The molecule has 0 spiro atoms. The molecule has 0 saturated heterocycles. The van der Waals surface area contributed by atoms with Crippen molar-refractivity contribution in [2.45, 2.75) is 58.0 Å². The van der Waals surface area contributed by atoms with Crippen molar-refractivity contribution in [1.82, 2.24) is 4.90 Å². The minimum Gasteiger partial charge on any atom is -0.508 e. The van der Waals surface area contributed by atoms with Gasteiger partial charge in [-0.3, -0.25) is 4.90 Å². The molecule has 1 saturated carbocycles. The van der Waals surface area contributed by atoms with Crippen molar-refractivity contribution in [3.8, 4) is 5.75 Å². The van der Waals surface area contributed by atoms with Crippen LogP contribution in [-0.4, -0.2) is 22.6 Å². The highest BCUT2D eigenvalue weighted by Gasteiger charge is 2.24. The third-order valence-electron chi connectivity index (χ3n) is 4.26. The van der Waals surface area contributed by atoms with Gasteiger partial charge in [0.15, 0.2) is 0 Å². The summed E-state index contributed by atoms with van der Waals surface area (Å²) in [5, 5.41) is 9.61. The molecule has 1 fully saturated rings. The molecule has 0 heterocycles. The molecule has 18 heavy (non-hydrogen) atoms. The standard InChI is InChI=1S/C16H25NO/c1-3-17(15-9-5-4-6-10-15)13(2)14-8-7-11-16(18)12-14/h7-8,11-13,15,18H,3-6,9-10H2,1-2H3. The highest BCUT2D eigenvalue weighted by atomic mass is 16.3. The monoisotopic (exact) mass is 247 g/mol. The number of hydrogen-bond donors (Lipinski definition) is 1. The van der Waals surface area contributed by atoms with Crippen LogP contribution in [0.1, 0.15) is 57.6 Å². The van der Waals surface area contributed by atoms with Crippen LogP contribution >= 0.6 is 0 Å². The fraction of sp³-hybridized carbons (Fsp3) is 0.625. The lowest BCUT2D eigenvalue weighted by molar-refractivity contribution is 0.119. The van der Waals surface area contributed by atoms with E-state index in [2.05, 4.69) is 24.8 Å². The van der Waals surface area contributed by atoms with Crippen LogP contribution in [0.3, 0.4) is 0 Å². The summed E-state index contributed by atoms with van der Waals surface area (Å²) < 4.78 is 0. The molecule has 1 atom stereocenters. The quantitative estimate of drug-likeness (QED) is 0.865. The number of aromatic hydroxyl groups is 1. The Hall–Kier alpha value is -1.02. The Kier molecular flexibility index (Phi) is 4.65. The summed E-state index contributed by atoms with van der Waals surface area (Å²) in [6, 6.07) is 8.82. The lowest BCUT2D eigenvalue weighted by Gasteiger charge is -2.38. The van der Waals surface area contributed by atoms with Crippen LogP contribution in [0, 0.1) is 0 Å². The molecule has 0 aromatic heterocycles.